The van der Waals surface area contributed by atoms with Crippen molar-refractivity contribution in [1.29, 1.82) is 0 Å². The molecule has 4 nitrogen and oxygen atoms in total. The van der Waals surface area contributed by atoms with E-state index in [-0.39, 0.29) is 5.97 Å². The molecule has 0 aliphatic carbocycles. The van der Waals surface area contributed by atoms with Crippen molar-refractivity contribution >= 4 is 5.97 Å². The summed E-state index contributed by atoms with van der Waals surface area (Å²) in [6.07, 6.45) is 1.46. The Balaban J connectivity index is 2.56. The Labute approximate surface area is 110 Å². The highest BCUT2D eigenvalue weighted by atomic mass is 16.6. The molecule has 0 atom stereocenters. The number of ether oxygens (including phenoxy) is 2. The largest absolute Gasteiger partial charge is 0.446 e. The second kappa shape index (κ2) is 7.40. The minimum atomic E-state index is -0.600. The Morgan fingerprint density at radius 1 is 1.33 bits per heavy atom. The number of quaternary nitrogens is 1. The van der Waals surface area contributed by atoms with E-state index < -0.39 is 5.60 Å². The van der Waals surface area contributed by atoms with Crippen LogP contribution in [0.4, 0.5) is 0 Å². The van der Waals surface area contributed by atoms with Crippen LogP contribution in [0.1, 0.15) is 33.6 Å². The van der Waals surface area contributed by atoms with Crippen molar-refractivity contribution in [3.05, 3.63) is 0 Å². The van der Waals surface area contributed by atoms with Gasteiger partial charge in [-0.2, -0.15) is 0 Å². The molecule has 1 aliphatic heterocycles. The molecule has 102 valence electrons. The van der Waals surface area contributed by atoms with E-state index in [1.54, 1.807) is 0 Å². The topological polar surface area (TPSA) is 40.0 Å². The summed E-state index contributed by atoms with van der Waals surface area (Å²) in [6.45, 7) is 9.88. The molecule has 1 N–H and O–H groups in total. The minimum absolute atomic E-state index is 0.258. The second-order valence-corrected chi connectivity index (χ2v) is 4.64. The molecular weight excluding hydrogens is 230 g/mol. The van der Waals surface area contributed by atoms with Gasteiger partial charge in [0.05, 0.1) is 13.2 Å². The van der Waals surface area contributed by atoms with Crippen molar-refractivity contribution in [3.8, 4) is 11.8 Å². The van der Waals surface area contributed by atoms with Crippen LogP contribution in [0.5, 0.6) is 0 Å². The van der Waals surface area contributed by atoms with Gasteiger partial charge in [0.15, 0.2) is 5.60 Å². The first-order chi connectivity index (χ1) is 8.62. The summed E-state index contributed by atoms with van der Waals surface area (Å²) in [6, 6.07) is 0. The maximum absolute atomic E-state index is 11.1. The lowest BCUT2D eigenvalue weighted by Crippen LogP contribution is -3.14. The zero-order chi connectivity index (χ0) is 13.4. The molecule has 0 spiro atoms. The van der Waals surface area contributed by atoms with Crippen LogP contribution in [0.3, 0.4) is 0 Å². The molecule has 18 heavy (non-hydrogen) atoms. The van der Waals surface area contributed by atoms with Crippen molar-refractivity contribution in [3.63, 3.8) is 0 Å². The van der Waals surface area contributed by atoms with Gasteiger partial charge >= 0.3 is 5.97 Å². The van der Waals surface area contributed by atoms with Crippen LogP contribution in [-0.2, 0) is 14.3 Å². The van der Waals surface area contributed by atoms with Gasteiger partial charge in [0.2, 0.25) is 0 Å². The van der Waals surface area contributed by atoms with Gasteiger partial charge in [0.1, 0.15) is 19.6 Å². The summed E-state index contributed by atoms with van der Waals surface area (Å²) < 4.78 is 10.7. The number of hydrogen-bond acceptors (Lipinski definition) is 3. The molecule has 0 bridgehead atoms. The molecule has 0 saturated carbocycles. The first kappa shape index (κ1) is 15.0. The SMILES string of the molecule is CCC(C#CC[NH+]1CCOCC1)(CC)OC(C)=O. The predicted molar refractivity (Wildman–Crippen MR) is 69.2 cm³/mol. The van der Waals surface area contributed by atoms with Crippen molar-refractivity contribution in [2.75, 3.05) is 32.8 Å². The fourth-order valence-electron chi connectivity index (χ4n) is 2.04. The summed E-state index contributed by atoms with van der Waals surface area (Å²) in [5.41, 5.74) is -0.600. The molecule has 1 fully saturated rings. The number of carbonyl (C=O) groups excluding carboxylic acids is 1. The highest BCUT2D eigenvalue weighted by Gasteiger charge is 2.27. The zero-order valence-corrected chi connectivity index (χ0v) is 11.7. The summed E-state index contributed by atoms with van der Waals surface area (Å²) in [4.78, 5) is 12.6. The van der Waals surface area contributed by atoms with Crippen molar-refractivity contribution in [2.45, 2.75) is 39.2 Å². The van der Waals surface area contributed by atoms with Crippen LogP contribution in [0.15, 0.2) is 0 Å². The Morgan fingerprint density at radius 2 is 1.94 bits per heavy atom. The average Bonchev–Trinajstić information content (AvgIpc) is 2.38. The highest BCUT2D eigenvalue weighted by Crippen LogP contribution is 2.19. The van der Waals surface area contributed by atoms with Crippen molar-refractivity contribution in [2.24, 2.45) is 0 Å². The third-order valence-electron chi connectivity index (χ3n) is 3.34. The fourth-order valence-corrected chi connectivity index (χ4v) is 2.04. The molecule has 0 aromatic heterocycles. The second-order valence-electron chi connectivity index (χ2n) is 4.64. The lowest BCUT2D eigenvalue weighted by atomic mass is 9.98. The number of carbonyl (C=O) groups is 1. The Morgan fingerprint density at radius 3 is 2.44 bits per heavy atom. The number of morpholine rings is 1. The van der Waals surface area contributed by atoms with Gasteiger partial charge in [-0.1, -0.05) is 13.8 Å². The van der Waals surface area contributed by atoms with Crippen LogP contribution < -0.4 is 4.90 Å². The quantitative estimate of drug-likeness (QED) is 0.568. The normalized spacial score (nSPS) is 16.8. The summed E-state index contributed by atoms with van der Waals surface area (Å²) >= 11 is 0. The lowest BCUT2D eigenvalue weighted by Gasteiger charge is -2.25. The minimum Gasteiger partial charge on any atom is -0.446 e. The number of nitrogens with one attached hydrogen (secondary N) is 1. The monoisotopic (exact) mass is 254 g/mol. The summed E-state index contributed by atoms with van der Waals surface area (Å²) in [7, 11) is 0. The van der Waals surface area contributed by atoms with E-state index in [0.717, 1.165) is 45.7 Å². The van der Waals surface area contributed by atoms with Crippen molar-refractivity contribution < 1.29 is 19.2 Å². The molecular formula is C14H24NO3+. The molecule has 1 aliphatic rings. The van der Waals surface area contributed by atoms with Gasteiger partial charge in [0, 0.05) is 6.92 Å². The average molecular weight is 254 g/mol. The zero-order valence-electron chi connectivity index (χ0n) is 11.7. The number of rotatable bonds is 4. The molecule has 0 radical (unpaired) electrons. The number of esters is 1. The van der Waals surface area contributed by atoms with Gasteiger partial charge in [-0.15, -0.1) is 0 Å². The molecule has 1 heterocycles. The molecule has 4 heteroatoms. The maximum atomic E-state index is 11.1. The standard InChI is InChI=1S/C14H23NO3/c1-4-14(5-2,18-13(3)16)7-6-8-15-9-11-17-12-10-15/h4-5,8-12H2,1-3H3/p+1. The van der Waals surface area contributed by atoms with Gasteiger partial charge in [-0.05, 0) is 24.7 Å². The van der Waals surface area contributed by atoms with Crippen LogP contribution in [0.2, 0.25) is 0 Å². The van der Waals surface area contributed by atoms with E-state index in [1.165, 1.54) is 11.8 Å². The van der Waals surface area contributed by atoms with Crippen LogP contribution in [-0.4, -0.2) is 44.4 Å². The van der Waals surface area contributed by atoms with E-state index in [9.17, 15) is 4.79 Å². The first-order valence-corrected chi connectivity index (χ1v) is 6.73. The summed E-state index contributed by atoms with van der Waals surface area (Å²) in [5.74, 6) is 6.08. The third kappa shape index (κ3) is 4.67. The molecule has 0 unspecified atom stereocenters. The van der Waals surface area contributed by atoms with Crippen LogP contribution in [0, 0.1) is 11.8 Å². The van der Waals surface area contributed by atoms with Crippen molar-refractivity contribution in [1.82, 2.24) is 0 Å². The first-order valence-electron chi connectivity index (χ1n) is 6.73. The Hall–Kier alpha value is -1.05. The summed E-state index contributed by atoms with van der Waals surface area (Å²) in [5, 5.41) is 0. The molecule has 1 rings (SSSR count). The molecule has 0 amide bonds. The Kier molecular flexibility index (Phi) is 6.17. The Bertz CT molecular complexity index is 320. The smallest absolute Gasteiger partial charge is 0.304 e. The lowest BCUT2D eigenvalue weighted by molar-refractivity contribution is -0.900. The van der Waals surface area contributed by atoms with Gasteiger partial charge in [-0.25, -0.2) is 0 Å². The van der Waals surface area contributed by atoms with E-state index >= 15 is 0 Å². The third-order valence-corrected chi connectivity index (χ3v) is 3.34. The van der Waals surface area contributed by atoms with E-state index in [0.29, 0.717) is 0 Å². The fraction of sp³-hybridized carbons (Fsp3) is 0.786. The van der Waals surface area contributed by atoms with Gasteiger partial charge in [0.25, 0.3) is 0 Å². The van der Waals surface area contributed by atoms with E-state index in [4.69, 9.17) is 9.47 Å². The van der Waals surface area contributed by atoms with Gasteiger partial charge < -0.3 is 14.4 Å². The van der Waals surface area contributed by atoms with Crippen LogP contribution in [0.25, 0.3) is 0 Å². The number of hydrogen-bond donors (Lipinski definition) is 1. The van der Waals surface area contributed by atoms with E-state index in [2.05, 4.69) is 11.8 Å². The van der Waals surface area contributed by atoms with Crippen LogP contribution >= 0.6 is 0 Å². The molecule has 0 aromatic carbocycles. The van der Waals surface area contributed by atoms with Gasteiger partial charge in [-0.3, -0.25) is 4.79 Å². The molecule has 1 saturated heterocycles. The van der Waals surface area contributed by atoms with E-state index in [1.807, 2.05) is 13.8 Å². The predicted octanol–water partition coefficient (Wildman–Crippen LogP) is 0.0268. The molecule has 0 aromatic rings. The maximum Gasteiger partial charge on any atom is 0.304 e. The highest BCUT2D eigenvalue weighted by molar-refractivity contribution is 5.67.